The Bertz CT molecular complexity index is 781. The first-order valence-electron chi connectivity index (χ1n) is 6.08. The highest BCUT2D eigenvalue weighted by atomic mass is 16.3. The number of carbonyl (C=O) groups is 1. The van der Waals surface area contributed by atoms with Crippen molar-refractivity contribution in [3.05, 3.63) is 41.3 Å². The van der Waals surface area contributed by atoms with Crippen molar-refractivity contribution in [1.82, 2.24) is 9.55 Å². The molecular weight excluding hydrogens is 240 g/mol. The lowest BCUT2D eigenvalue weighted by Gasteiger charge is -2.05. The van der Waals surface area contributed by atoms with Crippen molar-refractivity contribution in [3.8, 4) is 11.4 Å². The Kier molecular flexibility index (Phi) is 2.52. The Morgan fingerprint density at radius 3 is 2.74 bits per heavy atom. The highest BCUT2D eigenvalue weighted by molar-refractivity contribution is 5.93. The van der Waals surface area contributed by atoms with Crippen molar-refractivity contribution in [2.24, 2.45) is 7.05 Å². The Labute approximate surface area is 110 Å². The number of carbonyl (C=O) groups excluding carboxylic acids is 1. The van der Waals surface area contributed by atoms with Crippen LogP contribution in [-0.4, -0.2) is 15.8 Å². The number of nitrogens with zero attached hydrogens (tertiary/aromatic N) is 2. The van der Waals surface area contributed by atoms with Crippen LogP contribution in [0.5, 0.6) is 0 Å². The van der Waals surface area contributed by atoms with E-state index in [4.69, 9.17) is 4.42 Å². The molecule has 0 amide bonds. The van der Waals surface area contributed by atoms with Crippen LogP contribution in [0.1, 0.15) is 21.7 Å². The van der Waals surface area contributed by atoms with E-state index in [-0.39, 0.29) is 0 Å². The molecule has 1 aromatic carbocycles. The van der Waals surface area contributed by atoms with Crippen LogP contribution in [0.15, 0.2) is 28.9 Å². The molecule has 3 rings (SSSR count). The fourth-order valence-electron chi connectivity index (χ4n) is 2.29. The molecule has 0 aliphatic rings. The van der Waals surface area contributed by atoms with Crippen molar-refractivity contribution in [3.63, 3.8) is 0 Å². The number of benzene rings is 1. The summed E-state index contributed by atoms with van der Waals surface area (Å²) in [6.07, 6.45) is 2.23. The molecule has 0 bridgehead atoms. The van der Waals surface area contributed by atoms with E-state index in [2.05, 4.69) is 31.0 Å². The molecule has 0 N–H and O–H groups in total. The Hall–Kier alpha value is -2.36. The van der Waals surface area contributed by atoms with Gasteiger partial charge in [-0.05, 0) is 31.0 Å². The SMILES string of the molecule is Cc1ccc(-c2nc3coc(C=O)c3n2C)cc1C. The molecule has 4 heteroatoms. The molecule has 2 heterocycles. The molecule has 3 aromatic rings. The molecule has 19 heavy (non-hydrogen) atoms. The van der Waals surface area contributed by atoms with E-state index in [1.54, 1.807) is 0 Å². The van der Waals surface area contributed by atoms with Gasteiger partial charge in [0.25, 0.3) is 0 Å². The van der Waals surface area contributed by atoms with Gasteiger partial charge in [-0.25, -0.2) is 4.98 Å². The lowest BCUT2D eigenvalue weighted by atomic mass is 10.1. The summed E-state index contributed by atoms with van der Waals surface area (Å²) >= 11 is 0. The summed E-state index contributed by atoms with van der Waals surface area (Å²) in [5, 5.41) is 0. The predicted octanol–water partition coefficient (Wildman–Crippen LogP) is 3.26. The number of furan rings is 1. The Morgan fingerprint density at radius 1 is 1.26 bits per heavy atom. The van der Waals surface area contributed by atoms with Crippen molar-refractivity contribution < 1.29 is 9.21 Å². The summed E-state index contributed by atoms with van der Waals surface area (Å²) in [6.45, 7) is 4.16. The van der Waals surface area contributed by atoms with Crippen molar-refractivity contribution in [2.75, 3.05) is 0 Å². The summed E-state index contributed by atoms with van der Waals surface area (Å²) in [5.74, 6) is 1.16. The van der Waals surface area contributed by atoms with Crippen LogP contribution >= 0.6 is 0 Å². The zero-order valence-electron chi connectivity index (χ0n) is 11.1. The molecule has 2 aromatic heterocycles. The lowest BCUT2D eigenvalue weighted by molar-refractivity contribution is 0.110. The van der Waals surface area contributed by atoms with Gasteiger partial charge in [0.05, 0.1) is 0 Å². The highest BCUT2D eigenvalue weighted by Crippen LogP contribution is 2.27. The molecule has 4 nitrogen and oxygen atoms in total. The van der Waals surface area contributed by atoms with Gasteiger partial charge in [-0.3, -0.25) is 4.79 Å². The van der Waals surface area contributed by atoms with Gasteiger partial charge < -0.3 is 8.98 Å². The molecule has 96 valence electrons. The summed E-state index contributed by atoms with van der Waals surface area (Å²) in [4.78, 5) is 15.5. The first-order valence-corrected chi connectivity index (χ1v) is 6.08. The lowest BCUT2D eigenvalue weighted by Crippen LogP contribution is -1.95. The molecule has 0 saturated carbocycles. The standard InChI is InChI=1S/C15H14N2O2/c1-9-4-5-11(6-10(9)2)15-16-12-8-19-13(7-18)14(12)17(15)3/h4-8H,1-3H3. The van der Waals surface area contributed by atoms with Crippen molar-refractivity contribution in [1.29, 1.82) is 0 Å². The van der Waals surface area contributed by atoms with Crippen LogP contribution in [0.25, 0.3) is 22.4 Å². The van der Waals surface area contributed by atoms with Crippen LogP contribution in [0, 0.1) is 13.8 Å². The third-order valence-corrected chi connectivity index (χ3v) is 3.53. The number of hydrogen-bond acceptors (Lipinski definition) is 3. The summed E-state index contributed by atoms with van der Waals surface area (Å²) in [6, 6.07) is 6.23. The fourth-order valence-corrected chi connectivity index (χ4v) is 2.29. The largest absolute Gasteiger partial charge is 0.457 e. The maximum atomic E-state index is 10.9. The van der Waals surface area contributed by atoms with Gasteiger partial charge in [0.15, 0.2) is 12.0 Å². The minimum absolute atomic E-state index is 0.320. The fraction of sp³-hybridized carbons (Fsp3) is 0.200. The molecule has 0 fully saturated rings. The Balaban J connectivity index is 2.25. The summed E-state index contributed by atoms with van der Waals surface area (Å²) in [7, 11) is 1.89. The van der Waals surface area contributed by atoms with Gasteiger partial charge in [0.2, 0.25) is 0 Å². The number of imidazole rings is 1. The Morgan fingerprint density at radius 2 is 2.05 bits per heavy atom. The molecule has 0 atom stereocenters. The van der Waals surface area contributed by atoms with Crippen LogP contribution < -0.4 is 0 Å². The van der Waals surface area contributed by atoms with Gasteiger partial charge in [0, 0.05) is 12.6 Å². The smallest absolute Gasteiger partial charge is 0.192 e. The van der Waals surface area contributed by atoms with Gasteiger partial charge in [-0.1, -0.05) is 12.1 Å². The average molecular weight is 254 g/mol. The zero-order chi connectivity index (χ0) is 13.6. The number of aldehydes is 1. The summed E-state index contributed by atoms with van der Waals surface area (Å²) < 4.78 is 7.06. The molecule has 0 aliphatic carbocycles. The van der Waals surface area contributed by atoms with Gasteiger partial charge in [0.1, 0.15) is 23.1 Å². The van der Waals surface area contributed by atoms with E-state index >= 15 is 0 Å². The van der Waals surface area contributed by atoms with E-state index in [0.717, 1.165) is 16.9 Å². The van der Waals surface area contributed by atoms with Gasteiger partial charge >= 0.3 is 0 Å². The average Bonchev–Trinajstić information content (AvgIpc) is 2.94. The molecule has 0 unspecified atom stereocenters. The zero-order valence-corrected chi connectivity index (χ0v) is 11.1. The topological polar surface area (TPSA) is 48.0 Å². The number of fused-ring (bicyclic) bond motifs is 1. The maximum Gasteiger partial charge on any atom is 0.192 e. The van der Waals surface area contributed by atoms with Crippen LogP contribution in [0.3, 0.4) is 0 Å². The van der Waals surface area contributed by atoms with Crippen LogP contribution in [0.2, 0.25) is 0 Å². The summed E-state index contributed by atoms with van der Waals surface area (Å²) in [5.41, 5.74) is 4.96. The number of aryl methyl sites for hydroxylation is 3. The van der Waals surface area contributed by atoms with Crippen molar-refractivity contribution in [2.45, 2.75) is 13.8 Å². The predicted molar refractivity (Wildman–Crippen MR) is 73.3 cm³/mol. The van der Waals surface area contributed by atoms with Gasteiger partial charge in [-0.15, -0.1) is 0 Å². The monoisotopic (exact) mass is 254 g/mol. The van der Waals surface area contributed by atoms with Crippen molar-refractivity contribution >= 4 is 17.3 Å². The second-order valence-corrected chi connectivity index (χ2v) is 4.75. The first kappa shape index (κ1) is 11.7. The molecule has 0 radical (unpaired) electrons. The molecule has 0 spiro atoms. The number of aromatic nitrogens is 2. The van der Waals surface area contributed by atoms with E-state index in [0.29, 0.717) is 17.6 Å². The second kappa shape index (κ2) is 4.09. The molecule has 0 saturated heterocycles. The van der Waals surface area contributed by atoms with E-state index < -0.39 is 0 Å². The normalized spacial score (nSPS) is 11.1. The highest BCUT2D eigenvalue weighted by Gasteiger charge is 2.16. The van der Waals surface area contributed by atoms with Gasteiger partial charge in [-0.2, -0.15) is 0 Å². The number of hydrogen-bond donors (Lipinski definition) is 0. The second-order valence-electron chi connectivity index (χ2n) is 4.75. The van der Waals surface area contributed by atoms with E-state index in [1.165, 1.54) is 17.4 Å². The van der Waals surface area contributed by atoms with E-state index in [9.17, 15) is 4.79 Å². The number of rotatable bonds is 2. The van der Waals surface area contributed by atoms with Crippen LogP contribution in [-0.2, 0) is 7.05 Å². The minimum atomic E-state index is 0.320. The third-order valence-electron chi connectivity index (χ3n) is 3.53. The quantitative estimate of drug-likeness (QED) is 0.659. The van der Waals surface area contributed by atoms with Crippen LogP contribution in [0.4, 0.5) is 0 Å². The van der Waals surface area contributed by atoms with E-state index in [1.807, 2.05) is 17.7 Å². The third kappa shape index (κ3) is 1.68. The maximum absolute atomic E-state index is 10.9. The molecular formula is C15H14N2O2. The first-order chi connectivity index (χ1) is 9.11. The molecule has 0 aliphatic heterocycles. The minimum Gasteiger partial charge on any atom is -0.457 e.